The van der Waals surface area contributed by atoms with Gasteiger partial charge in [-0.3, -0.25) is 0 Å². The minimum atomic E-state index is 1.10. The molecule has 0 aliphatic heterocycles. The van der Waals surface area contributed by atoms with Crippen LogP contribution in [0.5, 0.6) is 0 Å². The highest BCUT2D eigenvalue weighted by Gasteiger charge is 2.22. The Morgan fingerprint density at radius 1 is 0.246 bits per heavy atom. The molecule has 0 atom stereocenters. The third kappa shape index (κ3) is 5.55. The van der Waals surface area contributed by atoms with E-state index in [-0.39, 0.29) is 0 Å². The van der Waals surface area contributed by atoms with Crippen molar-refractivity contribution in [2.45, 2.75) is 0 Å². The van der Waals surface area contributed by atoms with E-state index >= 15 is 0 Å². The third-order valence-electron chi connectivity index (χ3n) is 11.6. The van der Waals surface area contributed by atoms with Gasteiger partial charge in [-0.15, -0.1) is 0 Å². The molecule has 0 bridgehead atoms. The molecule has 57 heavy (non-hydrogen) atoms. The number of hydrogen-bond donors (Lipinski definition) is 0. The van der Waals surface area contributed by atoms with Gasteiger partial charge in [-0.25, -0.2) is 0 Å². The van der Waals surface area contributed by atoms with Gasteiger partial charge in [-0.2, -0.15) is 0 Å². The van der Waals surface area contributed by atoms with E-state index in [0.29, 0.717) is 0 Å². The summed E-state index contributed by atoms with van der Waals surface area (Å²) in [5, 5.41) is 12.4. The molecule has 0 saturated carbocycles. The normalized spacial score (nSPS) is 11.5. The molecule has 266 valence electrons. The summed E-state index contributed by atoms with van der Waals surface area (Å²) in [6.07, 6.45) is 0. The summed E-state index contributed by atoms with van der Waals surface area (Å²) in [5.41, 5.74) is 10.7. The molecule has 0 saturated heterocycles. The monoisotopic (exact) mass is 723 g/mol. The fraction of sp³-hybridized carbons (Fsp3) is 0. The maximum absolute atomic E-state index is 2.47. The molecule has 0 spiro atoms. The average molecular weight is 724 g/mol. The van der Waals surface area contributed by atoms with Crippen molar-refractivity contribution >= 4 is 70.9 Å². The summed E-state index contributed by atoms with van der Waals surface area (Å²) in [6, 6.07) is 82.2. The molecule has 0 aliphatic rings. The second-order valence-corrected chi connectivity index (χ2v) is 14.8. The fourth-order valence-electron chi connectivity index (χ4n) is 9.06. The summed E-state index contributed by atoms with van der Waals surface area (Å²) in [4.78, 5) is 2.47. The average Bonchev–Trinajstić information content (AvgIpc) is 3.29. The van der Waals surface area contributed by atoms with Gasteiger partial charge in [0.1, 0.15) is 0 Å². The first kappa shape index (κ1) is 32.9. The lowest BCUT2D eigenvalue weighted by atomic mass is 9.85. The van der Waals surface area contributed by atoms with Crippen LogP contribution >= 0.6 is 0 Å². The van der Waals surface area contributed by atoms with E-state index in [4.69, 9.17) is 0 Å². The molecule has 0 radical (unpaired) electrons. The largest absolute Gasteiger partial charge is 0.310 e. The fourth-order valence-corrected chi connectivity index (χ4v) is 9.06. The minimum Gasteiger partial charge on any atom is -0.310 e. The molecule has 0 aliphatic carbocycles. The predicted molar refractivity (Wildman–Crippen MR) is 245 cm³/mol. The number of rotatable bonds is 6. The van der Waals surface area contributed by atoms with E-state index in [1.165, 1.54) is 87.2 Å². The lowest BCUT2D eigenvalue weighted by Crippen LogP contribution is -2.11. The predicted octanol–water partition coefficient (Wildman–Crippen LogP) is 15.9. The second kappa shape index (κ2) is 13.7. The highest BCUT2D eigenvalue weighted by molar-refractivity contribution is 6.22. The molecular formula is C56H37N. The van der Waals surface area contributed by atoms with Crippen molar-refractivity contribution in [1.82, 2.24) is 0 Å². The van der Waals surface area contributed by atoms with Crippen molar-refractivity contribution in [3.05, 3.63) is 224 Å². The molecule has 0 fully saturated rings. The van der Waals surface area contributed by atoms with Gasteiger partial charge < -0.3 is 4.90 Å². The Hall–Kier alpha value is -7.48. The van der Waals surface area contributed by atoms with Crippen LogP contribution in [0.4, 0.5) is 17.1 Å². The van der Waals surface area contributed by atoms with Crippen molar-refractivity contribution in [2.75, 3.05) is 4.90 Å². The van der Waals surface area contributed by atoms with E-state index in [0.717, 1.165) is 17.1 Å². The van der Waals surface area contributed by atoms with Gasteiger partial charge in [-0.1, -0.05) is 194 Å². The standard InChI is InChI=1S/C56H37N/c1-3-18-40(19-4-1)55-52-28-12-11-27-49(52)50-35-33-44(37-53(50)56(55)41-20-5-2-6-21-41)57(54-31-15-30-48-46-26-10-8-17-39(46)32-34-51(48)54)43-24-13-23-42(36-43)47-29-14-22-38-16-7-9-25-45(38)47/h1-37H. The SMILES string of the molecule is c1ccc(-c2c(-c3ccccc3)c3cc(N(c4cccc(-c5cccc6ccccc56)c4)c4cccc5c4ccc4ccccc45)ccc3c3ccccc23)cc1. The van der Waals surface area contributed by atoms with Crippen molar-refractivity contribution in [1.29, 1.82) is 0 Å². The lowest BCUT2D eigenvalue weighted by molar-refractivity contribution is 1.30. The maximum atomic E-state index is 2.47. The molecular weight excluding hydrogens is 687 g/mol. The Balaban J connectivity index is 1.23. The molecule has 0 unspecified atom stereocenters. The van der Waals surface area contributed by atoms with E-state index in [1.807, 2.05) is 0 Å². The zero-order chi connectivity index (χ0) is 37.7. The Kier molecular flexibility index (Phi) is 7.89. The number of nitrogens with zero attached hydrogens (tertiary/aromatic N) is 1. The Morgan fingerprint density at radius 2 is 0.737 bits per heavy atom. The molecule has 11 aromatic carbocycles. The molecule has 0 heterocycles. The van der Waals surface area contributed by atoms with E-state index in [1.54, 1.807) is 0 Å². The van der Waals surface area contributed by atoms with Crippen LogP contribution in [-0.2, 0) is 0 Å². The van der Waals surface area contributed by atoms with Gasteiger partial charge in [0.25, 0.3) is 0 Å². The summed E-state index contributed by atoms with van der Waals surface area (Å²) < 4.78 is 0. The van der Waals surface area contributed by atoms with Crippen molar-refractivity contribution in [3.63, 3.8) is 0 Å². The van der Waals surface area contributed by atoms with Crippen LogP contribution in [0.15, 0.2) is 224 Å². The first-order chi connectivity index (χ1) is 28.3. The van der Waals surface area contributed by atoms with Crippen molar-refractivity contribution in [2.24, 2.45) is 0 Å². The quantitative estimate of drug-likeness (QED) is 0.154. The Labute approximate surface area is 332 Å². The lowest BCUT2D eigenvalue weighted by Gasteiger charge is -2.29. The number of fused-ring (bicyclic) bond motifs is 7. The molecule has 0 aromatic heterocycles. The Morgan fingerprint density at radius 3 is 1.51 bits per heavy atom. The van der Waals surface area contributed by atoms with E-state index < -0.39 is 0 Å². The first-order valence-corrected chi connectivity index (χ1v) is 19.7. The van der Waals surface area contributed by atoms with Crippen LogP contribution in [0.1, 0.15) is 0 Å². The van der Waals surface area contributed by atoms with E-state index in [9.17, 15) is 0 Å². The summed E-state index contributed by atoms with van der Waals surface area (Å²) in [7, 11) is 0. The van der Waals surface area contributed by atoms with Crippen LogP contribution in [-0.4, -0.2) is 0 Å². The highest BCUT2D eigenvalue weighted by Crippen LogP contribution is 2.48. The van der Waals surface area contributed by atoms with Crippen LogP contribution in [0.3, 0.4) is 0 Å². The summed E-state index contributed by atoms with van der Waals surface area (Å²) in [6.45, 7) is 0. The van der Waals surface area contributed by atoms with Gasteiger partial charge in [0, 0.05) is 16.8 Å². The van der Waals surface area contributed by atoms with Crippen LogP contribution in [0.25, 0.3) is 87.2 Å². The molecule has 1 heteroatoms. The number of anilines is 3. The minimum absolute atomic E-state index is 1.10. The van der Waals surface area contributed by atoms with Crippen LogP contribution < -0.4 is 4.90 Å². The molecule has 11 aromatic rings. The molecule has 1 nitrogen and oxygen atoms in total. The smallest absolute Gasteiger partial charge is 0.0540 e. The number of benzene rings is 11. The second-order valence-electron chi connectivity index (χ2n) is 14.8. The first-order valence-electron chi connectivity index (χ1n) is 19.7. The Bertz CT molecular complexity index is 3290. The van der Waals surface area contributed by atoms with Crippen LogP contribution in [0, 0.1) is 0 Å². The molecule has 0 N–H and O–H groups in total. The van der Waals surface area contributed by atoms with Gasteiger partial charge in [-0.05, 0) is 112 Å². The highest BCUT2D eigenvalue weighted by atomic mass is 15.1. The van der Waals surface area contributed by atoms with Crippen molar-refractivity contribution < 1.29 is 0 Å². The number of hydrogen-bond acceptors (Lipinski definition) is 1. The molecule has 0 amide bonds. The van der Waals surface area contributed by atoms with Gasteiger partial charge in [0.2, 0.25) is 0 Å². The molecule has 11 rings (SSSR count). The van der Waals surface area contributed by atoms with Crippen molar-refractivity contribution in [3.8, 4) is 33.4 Å². The van der Waals surface area contributed by atoms with Crippen LogP contribution in [0.2, 0.25) is 0 Å². The van der Waals surface area contributed by atoms with Gasteiger partial charge >= 0.3 is 0 Å². The van der Waals surface area contributed by atoms with E-state index in [2.05, 4.69) is 229 Å². The topological polar surface area (TPSA) is 3.24 Å². The zero-order valence-corrected chi connectivity index (χ0v) is 31.3. The zero-order valence-electron chi connectivity index (χ0n) is 31.3. The maximum Gasteiger partial charge on any atom is 0.0540 e. The summed E-state index contributed by atoms with van der Waals surface area (Å²) >= 11 is 0. The van der Waals surface area contributed by atoms with Gasteiger partial charge in [0.15, 0.2) is 0 Å². The third-order valence-corrected chi connectivity index (χ3v) is 11.6. The van der Waals surface area contributed by atoms with Gasteiger partial charge in [0.05, 0.1) is 5.69 Å². The summed E-state index contributed by atoms with van der Waals surface area (Å²) in [5.74, 6) is 0.